The summed E-state index contributed by atoms with van der Waals surface area (Å²) in [5.74, 6) is 2.03. The largest absolute Gasteiger partial charge is 0.464 e. The van der Waals surface area contributed by atoms with E-state index in [0.717, 1.165) is 71.5 Å². The molecule has 4 aliphatic heterocycles. The highest BCUT2D eigenvalue weighted by Crippen LogP contribution is 2.31. The van der Waals surface area contributed by atoms with E-state index in [2.05, 4.69) is 80.5 Å². The van der Waals surface area contributed by atoms with Gasteiger partial charge in [0.1, 0.15) is 5.60 Å². The first-order valence-corrected chi connectivity index (χ1v) is 22.2. The number of anilines is 4. The minimum atomic E-state index is -0.664. The molecular weight excluding hydrogens is 839 g/mol. The number of piperazine rings is 2. The van der Waals surface area contributed by atoms with E-state index in [1.165, 1.54) is 27.1 Å². The normalized spacial score (nSPS) is 20.6. The van der Waals surface area contributed by atoms with Gasteiger partial charge in [0.15, 0.2) is 45.0 Å². The number of rotatable bonds is 8. The van der Waals surface area contributed by atoms with E-state index < -0.39 is 17.5 Å². The van der Waals surface area contributed by atoms with E-state index >= 15 is 0 Å². The second kappa shape index (κ2) is 23.3. The molecule has 20 heteroatoms. The number of methoxy groups -OCH3 is 2. The molecule has 0 spiro atoms. The molecule has 348 valence electrons. The Morgan fingerprint density at radius 2 is 1.18 bits per heavy atom. The molecule has 2 aromatic rings. The SMILES string of the molecule is C#CC.CC[C@H]1CN(c2nc(N)c(C(=O)OC)nc2Cl)CCN1C1CCN(C(=O)OC(C)(C)C)CC1.CC[C@H]1CN(c2nc(N)c(C(=O)OC)nc2Cl)CCN1C1CCNCC1.[2HH].[2H][2H]. The fourth-order valence-corrected chi connectivity index (χ4v) is 8.88. The van der Waals surface area contributed by atoms with Crippen LogP contribution in [-0.4, -0.2) is 162 Å². The number of nitrogens with two attached hydrogens (primary N) is 2. The predicted molar refractivity (Wildman–Crippen MR) is 247 cm³/mol. The number of hydrogen-bond donors (Lipinski definition) is 3. The summed E-state index contributed by atoms with van der Waals surface area (Å²) < 4.78 is 24.9. The first-order valence-electron chi connectivity index (χ1n) is 22.4. The van der Waals surface area contributed by atoms with Crippen LogP contribution >= 0.6 is 23.2 Å². The molecule has 0 unspecified atom stereocenters. The van der Waals surface area contributed by atoms with Crippen molar-refractivity contribution in [1.82, 2.24) is 40.0 Å². The first kappa shape index (κ1) is 48.6. The minimum Gasteiger partial charge on any atom is -0.464 e. The average molecular weight is 913 g/mol. The van der Waals surface area contributed by atoms with Crippen molar-refractivity contribution in [3.05, 3.63) is 21.7 Å². The fourth-order valence-electron chi connectivity index (χ4n) is 8.39. The second-order valence-electron chi connectivity index (χ2n) is 16.6. The Hall–Kier alpha value is -4.41. The molecular formula is C42H70Cl2N12O6. The molecule has 1 amide bonds. The summed E-state index contributed by atoms with van der Waals surface area (Å²) >= 11 is 12.7. The average Bonchev–Trinajstić information content (AvgIpc) is 3.30. The Kier molecular flexibility index (Phi) is 18.3. The molecule has 4 aliphatic rings. The van der Waals surface area contributed by atoms with Crippen LogP contribution < -0.4 is 26.6 Å². The third-order valence-electron chi connectivity index (χ3n) is 11.4. The number of piperidine rings is 2. The van der Waals surface area contributed by atoms with Crippen LogP contribution in [0.5, 0.6) is 0 Å². The van der Waals surface area contributed by atoms with Gasteiger partial charge in [0.2, 0.25) is 0 Å². The van der Waals surface area contributed by atoms with Gasteiger partial charge in [-0.25, -0.2) is 34.3 Å². The number of carbonyl (C=O) groups is 3. The van der Waals surface area contributed by atoms with Crippen molar-refractivity contribution in [3.63, 3.8) is 0 Å². The molecule has 2 aromatic heterocycles. The number of amides is 1. The van der Waals surface area contributed by atoms with Gasteiger partial charge in [-0.3, -0.25) is 9.80 Å². The molecule has 6 rings (SSSR count). The number of esters is 2. The van der Waals surface area contributed by atoms with Crippen LogP contribution in [0, 0.1) is 12.3 Å². The number of carbonyl (C=O) groups excluding carboxylic acids is 3. The van der Waals surface area contributed by atoms with Gasteiger partial charge in [0.05, 0.1) is 14.2 Å². The van der Waals surface area contributed by atoms with Crippen LogP contribution in [-0.2, 0) is 14.2 Å². The predicted octanol–water partition coefficient (Wildman–Crippen LogP) is 5.08. The Morgan fingerprint density at radius 1 is 0.774 bits per heavy atom. The fraction of sp³-hybridized carbons (Fsp3) is 0.690. The lowest BCUT2D eigenvalue weighted by Gasteiger charge is -2.47. The number of nitrogen functional groups attached to an aromatic ring is 2. The molecule has 0 radical (unpaired) electrons. The molecule has 0 bridgehead atoms. The van der Waals surface area contributed by atoms with Gasteiger partial charge in [-0.1, -0.05) is 37.0 Å². The number of aromatic nitrogens is 4. The summed E-state index contributed by atoms with van der Waals surface area (Å²) in [5.41, 5.74) is 11.3. The zero-order valence-corrected chi connectivity index (χ0v) is 39.1. The number of nitrogens with zero attached hydrogens (tertiary/aromatic N) is 9. The summed E-state index contributed by atoms with van der Waals surface area (Å²) in [6.45, 7) is 20.1. The van der Waals surface area contributed by atoms with Gasteiger partial charge in [0.25, 0.3) is 0 Å². The van der Waals surface area contributed by atoms with Gasteiger partial charge in [-0.2, -0.15) is 0 Å². The third kappa shape index (κ3) is 13.1. The van der Waals surface area contributed by atoms with E-state index in [4.69, 9.17) is 42.4 Å². The van der Waals surface area contributed by atoms with Gasteiger partial charge in [-0.15, -0.1) is 12.3 Å². The lowest BCUT2D eigenvalue weighted by molar-refractivity contribution is 0.00940. The molecule has 18 nitrogen and oxygen atoms in total. The molecule has 4 saturated heterocycles. The smallest absolute Gasteiger partial charge is 0.410 e. The molecule has 0 aliphatic carbocycles. The number of ether oxygens (including phenoxy) is 3. The van der Waals surface area contributed by atoms with E-state index in [9.17, 15) is 14.4 Å². The van der Waals surface area contributed by atoms with E-state index in [1.54, 1.807) is 11.8 Å². The van der Waals surface area contributed by atoms with Crippen molar-refractivity contribution in [2.24, 2.45) is 0 Å². The number of halogens is 2. The van der Waals surface area contributed by atoms with E-state index in [-0.39, 0.29) is 40.8 Å². The van der Waals surface area contributed by atoms with Crippen molar-refractivity contribution in [1.29, 1.82) is 0 Å². The number of nitrogens with one attached hydrogen (secondary N) is 1. The van der Waals surface area contributed by atoms with E-state index in [0.29, 0.717) is 55.4 Å². The van der Waals surface area contributed by atoms with Crippen LogP contribution in [0.3, 0.4) is 0 Å². The van der Waals surface area contributed by atoms with Crippen molar-refractivity contribution in [3.8, 4) is 12.3 Å². The summed E-state index contributed by atoms with van der Waals surface area (Å²) in [6.07, 6.45) is 10.6. The van der Waals surface area contributed by atoms with Crippen LogP contribution in [0.4, 0.5) is 28.1 Å². The number of likely N-dealkylation sites (tertiary alicyclic amines) is 1. The Labute approximate surface area is 381 Å². The van der Waals surface area contributed by atoms with Crippen molar-refractivity contribution >= 4 is 64.5 Å². The molecule has 5 N–H and O–H groups in total. The van der Waals surface area contributed by atoms with Crippen molar-refractivity contribution in [2.75, 3.05) is 101 Å². The minimum absolute atomic E-state index is 0. The number of terminal acetylenes is 1. The highest BCUT2D eigenvalue weighted by atomic mass is 35.5. The van der Waals surface area contributed by atoms with Gasteiger partial charge < -0.3 is 45.7 Å². The topological polar surface area (TPSA) is 211 Å². The highest BCUT2D eigenvalue weighted by Gasteiger charge is 2.37. The molecule has 6 heterocycles. The number of hydrogen-bond acceptors (Lipinski definition) is 17. The van der Waals surface area contributed by atoms with Gasteiger partial charge >= 0.3 is 18.0 Å². The Bertz CT molecular complexity index is 1880. The van der Waals surface area contributed by atoms with Gasteiger partial charge in [-0.05, 0) is 79.3 Å². The second-order valence-corrected chi connectivity index (χ2v) is 17.3. The van der Waals surface area contributed by atoms with Crippen molar-refractivity contribution in [2.45, 2.75) is 110 Å². The zero-order chi connectivity index (χ0) is 47.7. The van der Waals surface area contributed by atoms with Crippen LogP contribution in [0.2, 0.25) is 10.3 Å². The zero-order valence-electron chi connectivity index (χ0n) is 39.6. The van der Waals surface area contributed by atoms with Gasteiger partial charge in [0, 0.05) is 80.9 Å². The van der Waals surface area contributed by atoms with E-state index in [1.807, 2.05) is 20.8 Å². The molecule has 0 aromatic carbocycles. The standard InChI is InChI=1S/C22H35ClN6O4.C17H27ClN6O2.C3H4.2H2/c1-6-14-13-28(19-17(23)25-16(18(24)26-19)20(30)32-5)11-12-29(14)15-7-9-27(10-8-15)21(31)33-22(2,3)4;1-3-11-10-23(8-9-24(11)12-4-6-20-7-5-12)16-14(18)21-13(15(19)22-16)17(25)26-2;1-3-2;;/h14-15H,6-13H2,1-5H3,(H2,24,26);11-12,20H,3-10H2,1-2H3,(H2,19,22);1H,2H3;2*1H/t14-;11-;;;/m00.../s1/i;;;1+1D;1+1. The van der Waals surface area contributed by atoms with Crippen LogP contribution in [0.15, 0.2) is 0 Å². The summed E-state index contributed by atoms with van der Waals surface area (Å²) in [5, 5.41) is 3.75. The highest BCUT2D eigenvalue weighted by molar-refractivity contribution is 6.32. The van der Waals surface area contributed by atoms with Crippen LogP contribution in [0.1, 0.15) is 105 Å². The third-order valence-corrected chi connectivity index (χ3v) is 12.0. The lowest BCUT2D eigenvalue weighted by Crippen LogP contribution is -2.59. The maximum atomic E-state index is 12.4. The summed E-state index contributed by atoms with van der Waals surface area (Å²) in [7, 11) is 2.53. The Morgan fingerprint density at radius 3 is 1.55 bits per heavy atom. The quantitative estimate of drug-likeness (QED) is 0.179. The molecule has 2 atom stereocenters. The molecule has 4 fully saturated rings. The monoisotopic (exact) mass is 912 g/mol. The Balaban J connectivity index is 0.000000409. The maximum absolute atomic E-state index is 12.4. The van der Waals surface area contributed by atoms with Crippen LogP contribution in [0.25, 0.3) is 0 Å². The maximum Gasteiger partial charge on any atom is 0.410 e. The molecule has 62 heavy (non-hydrogen) atoms. The van der Waals surface area contributed by atoms with Crippen molar-refractivity contribution < 1.29 is 33.0 Å². The first-order chi connectivity index (χ1) is 30.5. The summed E-state index contributed by atoms with van der Waals surface area (Å²) in [4.78, 5) is 64.0. The molecule has 0 saturated carbocycles. The lowest BCUT2D eigenvalue weighted by atomic mass is 9.98. The summed E-state index contributed by atoms with van der Waals surface area (Å²) in [6, 6.07) is 1.78.